The van der Waals surface area contributed by atoms with Gasteiger partial charge in [-0.25, -0.2) is 4.79 Å². The van der Waals surface area contributed by atoms with Gasteiger partial charge < -0.3 is 5.11 Å². The van der Waals surface area contributed by atoms with Crippen molar-refractivity contribution in [2.24, 2.45) is 0 Å². The van der Waals surface area contributed by atoms with E-state index in [9.17, 15) is 9.90 Å². The Bertz CT molecular complexity index is 713. The first-order valence-electron chi connectivity index (χ1n) is 8.64. The number of piperidine rings is 1. The van der Waals surface area contributed by atoms with Crippen LogP contribution < -0.4 is 0 Å². The molecule has 0 radical (unpaired) electrons. The molecule has 1 fully saturated rings. The average Bonchev–Trinajstić information content (AvgIpc) is 2.57. The van der Waals surface area contributed by atoms with E-state index in [2.05, 4.69) is 42.2 Å². The maximum absolute atomic E-state index is 11.5. The average molecular weight is 323 g/mol. The van der Waals surface area contributed by atoms with Gasteiger partial charge in [-0.15, -0.1) is 0 Å². The number of hydrogen-bond acceptors (Lipinski definition) is 2. The highest BCUT2D eigenvalue weighted by Gasteiger charge is 2.24. The number of nitrogens with zero attached hydrogens (tertiary/aromatic N) is 1. The van der Waals surface area contributed by atoms with E-state index in [4.69, 9.17) is 0 Å². The maximum Gasteiger partial charge on any atom is 0.335 e. The largest absolute Gasteiger partial charge is 0.478 e. The van der Waals surface area contributed by atoms with Crippen molar-refractivity contribution >= 4 is 5.97 Å². The Kier molecular flexibility index (Phi) is 5.00. The Hall–Kier alpha value is -2.13. The van der Waals surface area contributed by atoms with Gasteiger partial charge in [0, 0.05) is 6.54 Å². The fraction of sp³-hybridized carbons (Fsp3) is 0.381. The molecule has 3 nitrogen and oxygen atoms in total. The second kappa shape index (κ2) is 7.18. The fourth-order valence-electron chi connectivity index (χ4n) is 3.57. The SMILES string of the molecule is Cc1ccc(CN2CCC(c3cc(C)ccc3C(=O)O)CC2)cc1. The Labute approximate surface area is 143 Å². The molecule has 126 valence electrons. The van der Waals surface area contributed by atoms with E-state index in [1.807, 2.05) is 13.0 Å². The third-order valence-electron chi connectivity index (χ3n) is 4.99. The predicted molar refractivity (Wildman–Crippen MR) is 96.6 cm³/mol. The van der Waals surface area contributed by atoms with E-state index in [0.717, 1.165) is 43.6 Å². The molecule has 0 bridgehead atoms. The van der Waals surface area contributed by atoms with E-state index in [1.54, 1.807) is 6.07 Å². The van der Waals surface area contributed by atoms with Crippen LogP contribution in [0.2, 0.25) is 0 Å². The molecule has 0 aliphatic carbocycles. The van der Waals surface area contributed by atoms with Crippen molar-refractivity contribution < 1.29 is 9.90 Å². The van der Waals surface area contributed by atoms with Gasteiger partial charge in [0.2, 0.25) is 0 Å². The van der Waals surface area contributed by atoms with Gasteiger partial charge >= 0.3 is 5.97 Å². The Morgan fingerprint density at radius 1 is 1.04 bits per heavy atom. The van der Waals surface area contributed by atoms with Crippen LogP contribution in [-0.2, 0) is 6.54 Å². The molecule has 3 heteroatoms. The van der Waals surface area contributed by atoms with Gasteiger partial charge in [-0.2, -0.15) is 0 Å². The molecule has 0 amide bonds. The number of aryl methyl sites for hydroxylation is 2. The molecule has 0 atom stereocenters. The summed E-state index contributed by atoms with van der Waals surface area (Å²) in [5.74, 6) is -0.461. The highest BCUT2D eigenvalue weighted by Crippen LogP contribution is 2.31. The third-order valence-corrected chi connectivity index (χ3v) is 4.99. The van der Waals surface area contributed by atoms with Crippen molar-refractivity contribution in [1.29, 1.82) is 0 Å². The van der Waals surface area contributed by atoms with E-state index in [1.165, 1.54) is 11.1 Å². The van der Waals surface area contributed by atoms with Crippen LogP contribution >= 0.6 is 0 Å². The fourth-order valence-corrected chi connectivity index (χ4v) is 3.57. The van der Waals surface area contributed by atoms with Gasteiger partial charge in [0.15, 0.2) is 0 Å². The number of aromatic carboxylic acids is 1. The van der Waals surface area contributed by atoms with E-state index in [-0.39, 0.29) is 0 Å². The zero-order chi connectivity index (χ0) is 17.1. The summed E-state index contributed by atoms with van der Waals surface area (Å²) in [6, 6.07) is 14.4. The predicted octanol–water partition coefficient (Wildman–Crippen LogP) is 4.38. The van der Waals surface area contributed by atoms with Crippen LogP contribution in [0.15, 0.2) is 42.5 Å². The molecule has 0 spiro atoms. The summed E-state index contributed by atoms with van der Waals surface area (Å²) >= 11 is 0. The standard InChI is InChI=1S/C21H25NO2/c1-15-3-6-17(7-4-15)14-22-11-9-18(10-12-22)20-13-16(2)5-8-19(20)21(23)24/h3-8,13,18H,9-12,14H2,1-2H3,(H,23,24). The van der Waals surface area contributed by atoms with Crippen molar-refractivity contribution in [1.82, 2.24) is 4.90 Å². The molecular weight excluding hydrogens is 298 g/mol. The van der Waals surface area contributed by atoms with Crippen molar-refractivity contribution in [2.75, 3.05) is 13.1 Å². The van der Waals surface area contributed by atoms with Gasteiger partial charge in [0.1, 0.15) is 0 Å². The van der Waals surface area contributed by atoms with Crippen molar-refractivity contribution in [3.8, 4) is 0 Å². The third kappa shape index (κ3) is 3.85. The van der Waals surface area contributed by atoms with Crippen molar-refractivity contribution in [2.45, 2.75) is 39.2 Å². The molecule has 1 saturated heterocycles. The second-order valence-electron chi connectivity index (χ2n) is 6.93. The summed E-state index contributed by atoms with van der Waals surface area (Å²) < 4.78 is 0. The first-order chi connectivity index (χ1) is 11.5. The highest BCUT2D eigenvalue weighted by molar-refractivity contribution is 5.89. The van der Waals surface area contributed by atoms with Crippen LogP contribution in [0.5, 0.6) is 0 Å². The van der Waals surface area contributed by atoms with Crippen molar-refractivity contribution in [3.05, 3.63) is 70.3 Å². The molecule has 1 aliphatic heterocycles. The summed E-state index contributed by atoms with van der Waals surface area (Å²) in [6.45, 7) is 7.16. The molecule has 3 rings (SSSR count). The lowest BCUT2D eigenvalue weighted by Gasteiger charge is -2.33. The van der Waals surface area contributed by atoms with Crippen LogP contribution in [0, 0.1) is 13.8 Å². The van der Waals surface area contributed by atoms with Gasteiger partial charge in [0.25, 0.3) is 0 Å². The Morgan fingerprint density at radius 2 is 1.67 bits per heavy atom. The van der Waals surface area contributed by atoms with Crippen LogP contribution in [0.4, 0.5) is 0 Å². The summed E-state index contributed by atoms with van der Waals surface area (Å²) in [5, 5.41) is 9.45. The van der Waals surface area contributed by atoms with E-state index in [0.29, 0.717) is 11.5 Å². The van der Waals surface area contributed by atoms with Gasteiger partial charge in [-0.3, -0.25) is 4.90 Å². The lowest BCUT2D eigenvalue weighted by Crippen LogP contribution is -2.32. The van der Waals surface area contributed by atoms with Gasteiger partial charge in [-0.05, 0) is 62.9 Å². The summed E-state index contributed by atoms with van der Waals surface area (Å²) in [7, 11) is 0. The summed E-state index contributed by atoms with van der Waals surface area (Å²) in [6.07, 6.45) is 2.05. The minimum absolute atomic E-state index is 0.352. The molecule has 1 aliphatic rings. The first kappa shape index (κ1) is 16.7. The molecule has 2 aromatic carbocycles. The summed E-state index contributed by atoms with van der Waals surface area (Å²) in [4.78, 5) is 14.0. The van der Waals surface area contributed by atoms with E-state index >= 15 is 0 Å². The first-order valence-corrected chi connectivity index (χ1v) is 8.64. The lowest BCUT2D eigenvalue weighted by atomic mass is 9.85. The number of carboxylic acid groups (broad SMARTS) is 1. The van der Waals surface area contributed by atoms with Crippen LogP contribution in [-0.4, -0.2) is 29.1 Å². The van der Waals surface area contributed by atoms with Crippen LogP contribution in [0.25, 0.3) is 0 Å². The van der Waals surface area contributed by atoms with E-state index < -0.39 is 5.97 Å². The molecule has 0 saturated carbocycles. The highest BCUT2D eigenvalue weighted by atomic mass is 16.4. The van der Waals surface area contributed by atoms with Crippen LogP contribution in [0.1, 0.15) is 51.4 Å². The number of benzene rings is 2. The van der Waals surface area contributed by atoms with Gasteiger partial charge in [0.05, 0.1) is 5.56 Å². The number of rotatable bonds is 4. The van der Waals surface area contributed by atoms with Crippen molar-refractivity contribution in [3.63, 3.8) is 0 Å². The quantitative estimate of drug-likeness (QED) is 0.907. The molecule has 1 N–H and O–H groups in total. The van der Waals surface area contributed by atoms with Gasteiger partial charge in [-0.1, -0.05) is 47.5 Å². The smallest absolute Gasteiger partial charge is 0.335 e. The Balaban J connectivity index is 1.66. The minimum Gasteiger partial charge on any atom is -0.478 e. The lowest BCUT2D eigenvalue weighted by molar-refractivity contribution is 0.0694. The molecule has 1 heterocycles. The molecule has 0 unspecified atom stereocenters. The normalized spacial score (nSPS) is 16.2. The summed E-state index contributed by atoms with van der Waals surface area (Å²) in [5.41, 5.74) is 5.26. The maximum atomic E-state index is 11.5. The molecule has 24 heavy (non-hydrogen) atoms. The molecule has 2 aromatic rings. The second-order valence-corrected chi connectivity index (χ2v) is 6.93. The number of likely N-dealkylation sites (tertiary alicyclic amines) is 1. The number of carbonyl (C=O) groups is 1. The molecular formula is C21H25NO2. The monoisotopic (exact) mass is 323 g/mol. The minimum atomic E-state index is -0.813. The van der Waals surface area contributed by atoms with Crippen LogP contribution in [0.3, 0.4) is 0 Å². The number of hydrogen-bond donors (Lipinski definition) is 1. The number of carboxylic acids is 1. The Morgan fingerprint density at radius 3 is 2.29 bits per heavy atom. The topological polar surface area (TPSA) is 40.5 Å². The zero-order valence-electron chi connectivity index (χ0n) is 14.5. The molecule has 0 aromatic heterocycles. The zero-order valence-corrected chi connectivity index (χ0v) is 14.5.